The van der Waals surface area contributed by atoms with Crippen molar-refractivity contribution in [3.8, 4) is 11.5 Å². The molecule has 1 heterocycles. The highest BCUT2D eigenvalue weighted by atomic mass is 35.5. The summed E-state index contributed by atoms with van der Waals surface area (Å²) in [6.45, 7) is 0. The Labute approximate surface area is 195 Å². The standard InChI is InChI=1S/C24H14ClF3N2O4/c25-15-9-13(16(26)11-17(15)27)3-6-22(31)29-19-4-2-14(10-18(19)28)24-30-20-7-12(8-23(32)33)1-5-21(20)34-24/h1-7,9-11H,8H2,(H,29,31)(H,32,33). The number of carbonyl (C=O) groups excluding carboxylic acids is 1. The molecule has 0 spiro atoms. The topological polar surface area (TPSA) is 92.4 Å². The van der Waals surface area contributed by atoms with Crippen LogP contribution in [0.5, 0.6) is 0 Å². The third-order valence-corrected chi connectivity index (χ3v) is 5.02. The first-order valence-electron chi connectivity index (χ1n) is 9.74. The maximum absolute atomic E-state index is 14.6. The van der Waals surface area contributed by atoms with Crippen molar-refractivity contribution in [2.45, 2.75) is 6.42 Å². The lowest BCUT2D eigenvalue weighted by atomic mass is 10.1. The number of fused-ring (bicyclic) bond motifs is 1. The lowest BCUT2D eigenvalue weighted by molar-refractivity contribution is -0.136. The number of hydrogen-bond acceptors (Lipinski definition) is 4. The molecule has 34 heavy (non-hydrogen) atoms. The second-order valence-corrected chi connectivity index (χ2v) is 7.60. The van der Waals surface area contributed by atoms with E-state index in [2.05, 4.69) is 10.3 Å². The SMILES string of the molecule is O=C(O)Cc1ccc2oc(-c3ccc(NC(=O)C=Cc4cc(Cl)c(F)cc4F)c(F)c3)nc2c1. The van der Waals surface area contributed by atoms with E-state index in [1.54, 1.807) is 18.2 Å². The molecule has 0 saturated carbocycles. The van der Waals surface area contributed by atoms with Gasteiger partial charge < -0.3 is 14.8 Å². The van der Waals surface area contributed by atoms with Gasteiger partial charge in [0.15, 0.2) is 5.58 Å². The second-order valence-electron chi connectivity index (χ2n) is 7.20. The van der Waals surface area contributed by atoms with E-state index in [0.29, 0.717) is 28.3 Å². The largest absolute Gasteiger partial charge is 0.481 e. The molecule has 0 aliphatic carbocycles. The number of oxazole rings is 1. The Balaban J connectivity index is 1.50. The van der Waals surface area contributed by atoms with E-state index in [1.807, 2.05) is 0 Å². The van der Waals surface area contributed by atoms with Gasteiger partial charge in [-0.2, -0.15) is 0 Å². The summed E-state index contributed by atoms with van der Waals surface area (Å²) in [5.74, 6) is -4.23. The van der Waals surface area contributed by atoms with Crippen LogP contribution in [-0.4, -0.2) is 22.0 Å². The molecule has 0 aliphatic rings. The summed E-state index contributed by atoms with van der Waals surface area (Å²) in [5.41, 5.74) is 1.41. The molecule has 2 N–H and O–H groups in total. The van der Waals surface area contributed by atoms with E-state index in [0.717, 1.165) is 24.3 Å². The summed E-state index contributed by atoms with van der Waals surface area (Å²) in [6, 6.07) is 10.3. The first kappa shape index (κ1) is 23.1. The van der Waals surface area contributed by atoms with E-state index in [9.17, 15) is 22.8 Å². The third kappa shape index (κ3) is 5.10. The maximum atomic E-state index is 14.6. The number of benzene rings is 3. The van der Waals surface area contributed by atoms with Crippen molar-refractivity contribution in [2.75, 3.05) is 5.32 Å². The van der Waals surface area contributed by atoms with Gasteiger partial charge in [0.25, 0.3) is 0 Å². The second kappa shape index (κ2) is 9.40. The Hall–Kier alpha value is -4.11. The van der Waals surface area contributed by atoms with Gasteiger partial charge in [-0.15, -0.1) is 0 Å². The van der Waals surface area contributed by atoms with Gasteiger partial charge in [0.1, 0.15) is 23.0 Å². The molecule has 0 unspecified atom stereocenters. The van der Waals surface area contributed by atoms with Gasteiger partial charge in [0.05, 0.1) is 17.1 Å². The fourth-order valence-electron chi connectivity index (χ4n) is 3.14. The minimum absolute atomic E-state index is 0.111. The minimum atomic E-state index is -0.982. The normalized spacial score (nSPS) is 11.3. The monoisotopic (exact) mass is 486 g/mol. The molecule has 6 nitrogen and oxygen atoms in total. The van der Waals surface area contributed by atoms with Crippen molar-refractivity contribution >= 4 is 46.3 Å². The van der Waals surface area contributed by atoms with Gasteiger partial charge >= 0.3 is 5.97 Å². The number of rotatable bonds is 6. The summed E-state index contributed by atoms with van der Waals surface area (Å²) in [4.78, 5) is 27.3. The molecule has 0 bridgehead atoms. The van der Waals surface area contributed by atoms with Crippen molar-refractivity contribution < 1.29 is 32.3 Å². The van der Waals surface area contributed by atoms with Gasteiger partial charge in [-0.05, 0) is 48.0 Å². The quantitative estimate of drug-likeness (QED) is 0.264. The third-order valence-electron chi connectivity index (χ3n) is 4.74. The van der Waals surface area contributed by atoms with E-state index >= 15 is 0 Å². The Kier molecular flexibility index (Phi) is 6.38. The van der Waals surface area contributed by atoms with Crippen LogP contribution in [0.4, 0.5) is 18.9 Å². The maximum Gasteiger partial charge on any atom is 0.307 e. The molecule has 0 saturated heterocycles. The van der Waals surface area contributed by atoms with Crippen molar-refractivity contribution in [3.05, 3.63) is 88.2 Å². The summed E-state index contributed by atoms with van der Waals surface area (Å²) < 4.78 is 47.2. The summed E-state index contributed by atoms with van der Waals surface area (Å²) in [6.07, 6.45) is 1.87. The molecular formula is C24H14ClF3N2O4. The van der Waals surface area contributed by atoms with Gasteiger partial charge in [0.2, 0.25) is 11.8 Å². The van der Waals surface area contributed by atoms with E-state index < -0.39 is 29.3 Å². The Bertz CT molecular complexity index is 1470. The summed E-state index contributed by atoms with van der Waals surface area (Å²) >= 11 is 5.61. The molecule has 10 heteroatoms. The Morgan fingerprint density at radius 1 is 1.03 bits per heavy atom. The van der Waals surface area contributed by atoms with Crippen molar-refractivity contribution in [2.24, 2.45) is 0 Å². The van der Waals surface area contributed by atoms with Crippen LogP contribution in [-0.2, 0) is 16.0 Å². The van der Waals surface area contributed by atoms with Crippen LogP contribution in [0.15, 0.2) is 59.0 Å². The number of carboxylic acids is 1. The lowest BCUT2D eigenvalue weighted by Crippen LogP contribution is -2.09. The molecule has 0 atom stereocenters. The van der Waals surface area contributed by atoms with Crippen LogP contribution >= 0.6 is 11.6 Å². The lowest BCUT2D eigenvalue weighted by Gasteiger charge is -2.05. The number of hydrogen-bond donors (Lipinski definition) is 2. The highest BCUT2D eigenvalue weighted by Crippen LogP contribution is 2.28. The van der Waals surface area contributed by atoms with Crippen molar-refractivity contribution in [3.63, 3.8) is 0 Å². The minimum Gasteiger partial charge on any atom is -0.481 e. The van der Waals surface area contributed by atoms with Crippen LogP contribution in [0.25, 0.3) is 28.6 Å². The molecule has 0 aliphatic heterocycles. The van der Waals surface area contributed by atoms with Crippen LogP contribution in [0.1, 0.15) is 11.1 Å². The Morgan fingerprint density at radius 2 is 1.82 bits per heavy atom. The Morgan fingerprint density at radius 3 is 2.56 bits per heavy atom. The highest BCUT2D eigenvalue weighted by molar-refractivity contribution is 6.30. The number of amides is 1. The highest BCUT2D eigenvalue weighted by Gasteiger charge is 2.13. The predicted molar refractivity (Wildman–Crippen MR) is 120 cm³/mol. The smallest absolute Gasteiger partial charge is 0.307 e. The fraction of sp³-hybridized carbons (Fsp3) is 0.0417. The van der Waals surface area contributed by atoms with E-state index in [1.165, 1.54) is 12.1 Å². The number of anilines is 1. The molecule has 1 amide bonds. The molecular weight excluding hydrogens is 473 g/mol. The first-order valence-corrected chi connectivity index (χ1v) is 10.1. The van der Waals surface area contributed by atoms with E-state index in [-0.39, 0.29) is 28.6 Å². The van der Waals surface area contributed by atoms with Crippen molar-refractivity contribution in [1.82, 2.24) is 4.98 Å². The average Bonchev–Trinajstić information content (AvgIpc) is 3.20. The molecule has 0 radical (unpaired) electrons. The van der Waals surface area contributed by atoms with Crippen LogP contribution in [0.3, 0.4) is 0 Å². The zero-order valence-corrected chi connectivity index (χ0v) is 17.9. The average molecular weight is 487 g/mol. The number of aromatic nitrogens is 1. The molecule has 0 fully saturated rings. The number of halogens is 4. The van der Waals surface area contributed by atoms with Crippen LogP contribution in [0.2, 0.25) is 5.02 Å². The number of nitrogens with one attached hydrogen (secondary N) is 1. The summed E-state index contributed by atoms with van der Waals surface area (Å²) in [5, 5.41) is 10.9. The molecule has 1 aromatic heterocycles. The number of carboxylic acid groups (broad SMARTS) is 1. The first-order chi connectivity index (χ1) is 16.2. The van der Waals surface area contributed by atoms with Gasteiger partial charge in [-0.1, -0.05) is 17.7 Å². The van der Waals surface area contributed by atoms with Crippen LogP contribution in [0, 0.1) is 17.5 Å². The molecule has 4 aromatic rings. The van der Waals surface area contributed by atoms with Gasteiger partial charge in [-0.3, -0.25) is 9.59 Å². The van der Waals surface area contributed by atoms with E-state index in [4.69, 9.17) is 21.1 Å². The number of aliphatic carboxylic acids is 1. The number of nitrogens with zero attached hydrogens (tertiary/aromatic N) is 1. The van der Waals surface area contributed by atoms with Crippen molar-refractivity contribution in [1.29, 1.82) is 0 Å². The van der Waals surface area contributed by atoms with Crippen LogP contribution < -0.4 is 5.32 Å². The number of carbonyl (C=O) groups is 2. The zero-order chi connectivity index (χ0) is 24.4. The molecule has 172 valence electrons. The molecule has 3 aromatic carbocycles. The fourth-order valence-corrected chi connectivity index (χ4v) is 3.31. The summed E-state index contributed by atoms with van der Waals surface area (Å²) in [7, 11) is 0. The van der Waals surface area contributed by atoms with Gasteiger partial charge in [0, 0.05) is 23.3 Å². The zero-order valence-electron chi connectivity index (χ0n) is 17.1. The molecule has 4 rings (SSSR count). The predicted octanol–water partition coefficient (Wildman–Crippen LogP) is 5.84. The van der Waals surface area contributed by atoms with Gasteiger partial charge in [-0.25, -0.2) is 18.2 Å².